The summed E-state index contributed by atoms with van der Waals surface area (Å²) in [6, 6.07) is 13.0. The summed E-state index contributed by atoms with van der Waals surface area (Å²) in [7, 11) is 0. The van der Waals surface area contributed by atoms with E-state index in [1.54, 1.807) is 18.2 Å². The number of amides is 1. The smallest absolute Gasteiger partial charge is 0.279 e. The van der Waals surface area contributed by atoms with E-state index < -0.39 is 5.91 Å². The second kappa shape index (κ2) is 12.7. The Balaban J connectivity index is 2.19. The molecule has 2 aromatic carbocycles. The predicted molar refractivity (Wildman–Crippen MR) is 126 cm³/mol. The van der Waals surface area contributed by atoms with Gasteiger partial charge in [0, 0.05) is 17.7 Å². The normalized spacial score (nSPS) is 11.6. The lowest BCUT2D eigenvalue weighted by molar-refractivity contribution is 0.100. The molecule has 0 heterocycles. The van der Waals surface area contributed by atoms with Crippen LogP contribution >= 0.6 is 0 Å². The number of carbonyl (C=O) groups excluding carboxylic acids is 1. The molecule has 1 amide bonds. The van der Waals surface area contributed by atoms with Crippen molar-refractivity contribution in [2.45, 2.75) is 47.1 Å². The first-order valence-electron chi connectivity index (χ1n) is 11.1. The molecule has 2 N–H and O–H groups in total. The number of nitrogens with zero attached hydrogens (tertiary/aromatic N) is 2. The maximum absolute atomic E-state index is 12.7. The second-order valence-corrected chi connectivity index (χ2v) is 7.25. The number of hydrogen-bond donors (Lipinski definition) is 1. The summed E-state index contributed by atoms with van der Waals surface area (Å²) in [6.07, 6.45) is 2.35. The van der Waals surface area contributed by atoms with Crippen LogP contribution in [0, 0.1) is 0 Å². The number of nitrogens with two attached hydrogens (primary N) is 1. The van der Waals surface area contributed by atoms with E-state index in [1.165, 1.54) is 12.8 Å². The SMILES string of the molecule is CCCCN(CC)Cc1cccc(C(N)=NC(=O)c2ccc(OCC)c(OCC)c2)c1. The van der Waals surface area contributed by atoms with Gasteiger partial charge in [-0.3, -0.25) is 9.69 Å². The summed E-state index contributed by atoms with van der Waals surface area (Å²) in [5.41, 5.74) is 8.48. The number of rotatable bonds is 12. The lowest BCUT2D eigenvalue weighted by atomic mass is 10.1. The van der Waals surface area contributed by atoms with E-state index in [0.717, 1.165) is 30.8 Å². The molecule has 0 atom stereocenters. The molecule has 2 rings (SSSR count). The van der Waals surface area contributed by atoms with Crippen LogP contribution in [0.1, 0.15) is 62.0 Å². The number of unbranched alkanes of at least 4 members (excludes halogenated alkanes) is 1. The molecule has 0 saturated heterocycles. The Hall–Kier alpha value is -2.86. The van der Waals surface area contributed by atoms with Crippen LogP contribution < -0.4 is 15.2 Å². The molecule has 0 bridgehead atoms. The quantitative estimate of drug-likeness (QED) is 0.396. The summed E-state index contributed by atoms with van der Waals surface area (Å²) in [6.45, 7) is 12.1. The predicted octanol–water partition coefficient (Wildman–Crippen LogP) is 4.65. The summed E-state index contributed by atoms with van der Waals surface area (Å²) in [5.74, 6) is 0.923. The molecule has 6 heteroatoms. The fourth-order valence-electron chi connectivity index (χ4n) is 3.24. The van der Waals surface area contributed by atoms with Gasteiger partial charge in [-0.15, -0.1) is 0 Å². The Kier molecular flexibility index (Phi) is 10.0. The lowest BCUT2D eigenvalue weighted by Gasteiger charge is -2.20. The number of amidine groups is 1. The minimum atomic E-state index is -0.412. The first-order valence-corrected chi connectivity index (χ1v) is 11.1. The van der Waals surface area contributed by atoms with E-state index >= 15 is 0 Å². The second-order valence-electron chi connectivity index (χ2n) is 7.25. The first kappa shape index (κ1) is 24.4. The summed E-state index contributed by atoms with van der Waals surface area (Å²) in [5, 5.41) is 0. The van der Waals surface area contributed by atoms with Gasteiger partial charge in [0.2, 0.25) is 0 Å². The van der Waals surface area contributed by atoms with Crippen LogP contribution in [-0.2, 0) is 6.54 Å². The van der Waals surface area contributed by atoms with Gasteiger partial charge >= 0.3 is 0 Å². The average molecular weight is 426 g/mol. The molecule has 0 radical (unpaired) electrons. The van der Waals surface area contributed by atoms with Crippen LogP contribution in [0.2, 0.25) is 0 Å². The highest BCUT2D eigenvalue weighted by Crippen LogP contribution is 2.28. The van der Waals surface area contributed by atoms with Gasteiger partial charge in [0.05, 0.1) is 13.2 Å². The maximum atomic E-state index is 12.7. The lowest BCUT2D eigenvalue weighted by Crippen LogP contribution is -2.24. The highest BCUT2D eigenvalue weighted by molar-refractivity contribution is 6.09. The molecular formula is C25H35N3O3. The third-order valence-corrected chi connectivity index (χ3v) is 4.92. The number of aliphatic imine (C=N–C) groups is 1. The molecule has 168 valence electrons. The third-order valence-electron chi connectivity index (χ3n) is 4.92. The minimum absolute atomic E-state index is 0.204. The van der Waals surface area contributed by atoms with Crippen molar-refractivity contribution in [1.29, 1.82) is 0 Å². The van der Waals surface area contributed by atoms with Gasteiger partial charge in [-0.05, 0) is 63.2 Å². The highest BCUT2D eigenvalue weighted by Gasteiger charge is 2.13. The van der Waals surface area contributed by atoms with E-state index in [0.29, 0.717) is 30.3 Å². The van der Waals surface area contributed by atoms with Crippen LogP contribution in [-0.4, -0.2) is 42.9 Å². The Morgan fingerprint density at radius 2 is 1.71 bits per heavy atom. The van der Waals surface area contributed by atoms with Gasteiger partial charge in [-0.2, -0.15) is 4.99 Å². The molecule has 0 aliphatic rings. The van der Waals surface area contributed by atoms with Crippen LogP contribution in [0.15, 0.2) is 47.5 Å². The van der Waals surface area contributed by atoms with E-state index in [4.69, 9.17) is 15.2 Å². The molecule has 0 unspecified atom stereocenters. The number of carbonyl (C=O) groups is 1. The zero-order chi connectivity index (χ0) is 22.6. The number of hydrogen-bond acceptors (Lipinski definition) is 4. The number of ether oxygens (including phenoxy) is 2. The van der Waals surface area contributed by atoms with E-state index in [2.05, 4.69) is 29.8 Å². The van der Waals surface area contributed by atoms with E-state index in [1.807, 2.05) is 32.0 Å². The van der Waals surface area contributed by atoms with Gasteiger partial charge in [-0.1, -0.05) is 38.5 Å². The van der Waals surface area contributed by atoms with Crippen molar-refractivity contribution in [2.24, 2.45) is 10.7 Å². The first-order chi connectivity index (χ1) is 15.0. The van der Waals surface area contributed by atoms with Gasteiger partial charge in [0.25, 0.3) is 5.91 Å². The standard InChI is InChI=1S/C25H35N3O3/c1-5-9-15-28(6-2)18-19-11-10-12-20(16-19)24(26)27-25(29)21-13-14-22(30-7-3)23(17-21)31-8-4/h10-14,16-17H,5-9,15,18H2,1-4H3,(H2,26,27,29). The molecular weight excluding hydrogens is 390 g/mol. The fourth-order valence-corrected chi connectivity index (χ4v) is 3.24. The van der Waals surface area contributed by atoms with Crippen molar-refractivity contribution in [3.63, 3.8) is 0 Å². The van der Waals surface area contributed by atoms with Gasteiger partial charge < -0.3 is 15.2 Å². The Morgan fingerprint density at radius 1 is 0.968 bits per heavy atom. The zero-order valence-corrected chi connectivity index (χ0v) is 19.2. The summed E-state index contributed by atoms with van der Waals surface area (Å²) < 4.78 is 11.2. The van der Waals surface area contributed by atoms with Gasteiger partial charge in [-0.25, -0.2) is 0 Å². The monoisotopic (exact) mass is 425 g/mol. The molecule has 2 aromatic rings. The van der Waals surface area contributed by atoms with Crippen LogP contribution in [0.4, 0.5) is 0 Å². The Bertz CT molecular complexity index is 880. The topological polar surface area (TPSA) is 77.2 Å². The summed E-state index contributed by atoms with van der Waals surface area (Å²) in [4.78, 5) is 19.2. The maximum Gasteiger partial charge on any atom is 0.279 e. The van der Waals surface area contributed by atoms with Crippen molar-refractivity contribution in [3.8, 4) is 11.5 Å². The average Bonchev–Trinajstić information content (AvgIpc) is 2.78. The van der Waals surface area contributed by atoms with E-state index in [9.17, 15) is 4.79 Å². The molecule has 0 aliphatic carbocycles. The van der Waals surface area contributed by atoms with Crippen molar-refractivity contribution in [1.82, 2.24) is 4.90 Å². The zero-order valence-electron chi connectivity index (χ0n) is 19.2. The van der Waals surface area contributed by atoms with Crippen LogP contribution in [0.3, 0.4) is 0 Å². The molecule has 0 spiro atoms. The minimum Gasteiger partial charge on any atom is -0.490 e. The van der Waals surface area contributed by atoms with Gasteiger partial charge in [0.1, 0.15) is 5.84 Å². The van der Waals surface area contributed by atoms with Crippen molar-refractivity contribution >= 4 is 11.7 Å². The molecule has 31 heavy (non-hydrogen) atoms. The number of benzene rings is 2. The molecule has 0 saturated carbocycles. The van der Waals surface area contributed by atoms with Crippen LogP contribution in [0.25, 0.3) is 0 Å². The summed E-state index contributed by atoms with van der Waals surface area (Å²) >= 11 is 0. The molecule has 6 nitrogen and oxygen atoms in total. The van der Waals surface area contributed by atoms with Crippen molar-refractivity contribution < 1.29 is 14.3 Å². The molecule has 0 fully saturated rings. The van der Waals surface area contributed by atoms with Gasteiger partial charge in [0.15, 0.2) is 11.5 Å². The van der Waals surface area contributed by atoms with Crippen molar-refractivity contribution in [2.75, 3.05) is 26.3 Å². The van der Waals surface area contributed by atoms with Crippen molar-refractivity contribution in [3.05, 3.63) is 59.2 Å². The Labute approximate surface area is 186 Å². The largest absolute Gasteiger partial charge is 0.490 e. The highest BCUT2D eigenvalue weighted by atomic mass is 16.5. The fraction of sp³-hybridized carbons (Fsp3) is 0.440. The third kappa shape index (κ3) is 7.40. The van der Waals surface area contributed by atoms with Crippen LogP contribution in [0.5, 0.6) is 11.5 Å². The Morgan fingerprint density at radius 3 is 2.39 bits per heavy atom. The molecule has 0 aromatic heterocycles. The molecule has 0 aliphatic heterocycles. The van der Waals surface area contributed by atoms with E-state index in [-0.39, 0.29) is 5.84 Å².